The standard InChI is InChI=1S/C14H20N2OS/c1-10-14(17)16-12-9-11(5-3-2-4-8-15)6-7-13(12)18-10/h6-7,9-10H,2-5,8,15H2,1H3,(H,16,17). The number of hydrogen-bond acceptors (Lipinski definition) is 3. The predicted molar refractivity (Wildman–Crippen MR) is 77.0 cm³/mol. The molecule has 0 aromatic heterocycles. The maximum atomic E-state index is 11.6. The second kappa shape index (κ2) is 6.25. The molecule has 0 spiro atoms. The van der Waals surface area contributed by atoms with Crippen molar-refractivity contribution in [3.8, 4) is 0 Å². The van der Waals surface area contributed by atoms with Crippen molar-refractivity contribution >= 4 is 23.4 Å². The van der Waals surface area contributed by atoms with Crippen molar-refractivity contribution in [3.63, 3.8) is 0 Å². The number of nitrogens with one attached hydrogen (secondary N) is 1. The van der Waals surface area contributed by atoms with Crippen LogP contribution in [0.4, 0.5) is 5.69 Å². The summed E-state index contributed by atoms with van der Waals surface area (Å²) in [7, 11) is 0. The van der Waals surface area contributed by atoms with Gasteiger partial charge in [-0.15, -0.1) is 11.8 Å². The van der Waals surface area contributed by atoms with Gasteiger partial charge < -0.3 is 11.1 Å². The van der Waals surface area contributed by atoms with Crippen molar-refractivity contribution in [2.24, 2.45) is 5.73 Å². The molecule has 0 saturated heterocycles. The van der Waals surface area contributed by atoms with E-state index in [2.05, 4.69) is 23.5 Å². The minimum Gasteiger partial charge on any atom is -0.330 e. The molecular weight excluding hydrogens is 244 g/mol. The van der Waals surface area contributed by atoms with E-state index in [0.717, 1.165) is 31.5 Å². The lowest BCUT2D eigenvalue weighted by atomic mass is 10.1. The smallest absolute Gasteiger partial charge is 0.237 e. The average molecular weight is 264 g/mol. The Labute approximate surface area is 113 Å². The minimum atomic E-state index is 0.00732. The van der Waals surface area contributed by atoms with Crippen LogP contribution in [0.25, 0.3) is 0 Å². The zero-order chi connectivity index (χ0) is 13.0. The van der Waals surface area contributed by atoms with E-state index in [0.29, 0.717) is 0 Å². The van der Waals surface area contributed by atoms with Gasteiger partial charge in [0, 0.05) is 4.90 Å². The van der Waals surface area contributed by atoms with Crippen LogP contribution in [-0.2, 0) is 11.2 Å². The molecule has 1 aliphatic heterocycles. The van der Waals surface area contributed by atoms with Crippen LogP contribution in [0.15, 0.2) is 23.1 Å². The molecule has 18 heavy (non-hydrogen) atoms. The second-order valence-corrected chi connectivity index (χ2v) is 6.06. The van der Waals surface area contributed by atoms with Gasteiger partial charge in [-0.25, -0.2) is 0 Å². The van der Waals surface area contributed by atoms with Gasteiger partial charge in [-0.3, -0.25) is 4.79 Å². The number of hydrogen-bond donors (Lipinski definition) is 2. The fourth-order valence-corrected chi connectivity index (χ4v) is 2.99. The van der Waals surface area contributed by atoms with Crippen molar-refractivity contribution in [3.05, 3.63) is 23.8 Å². The van der Waals surface area contributed by atoms with Gasteiger partial charge in [0.05, 0.1) is 10.9 Å². The highest BCUT2D eigenvalue weighted by Gasteiger charge is 2.22. The quantitative estimate of drug-likeness (QED) is 0.804. The fourth-order valence-electron chi connectivity index (χ4n) is 2.06. The van der Waals surface area contributed by atoms with E-state index in [1.165, 1.54) is 16.9 Å². The normalized spacial score (nSPS) is 18.3. The fraction of sp³-hybridized carbons (Fsp3) is 0.500. The van der Waals surface area contributed by atoms with Crippen molar-refractivity contribution < 1.29 is 4.79 Å². The number of thioether (sulfide) groups is 1. The Morgan fingerprint density at radius 3 is 2.94 bits per heavy atom. The molecule has 1 amide bonds. The van der Waals surface area contributed by atoms with Crippen LogP contribution in [0.3, 0.4) is 0 Å². The van der Waals surface area contributed by atoms with E-state index in [4.69, 9.17) is 5.73 Å². The Kier molecular flexibility index (Phi) is 4.66. The molecule has 1 aromatic carbocycles. The van der Waals surface area contributed by atoms with Crippen LogP contribution < -0.4 is 11.1 Å². The third kappa shape index (κ3) is 3.27. The summed E-state index contributed by atoms with van der Waals surface area (Å²) in [5.74, 6) is 0.104. The van der Waals surface area contributed by atoms with E-state index in [1.54, 1.807) is 11.8 Å². The molecule has 4 heteroatoms. The number of fused-ring (bicyclic) bond motifs is 1. The average Bonchev–Trinajstić information content (AvgIpc) is 2.36. The summed E-state index contributed by atoms with van der Waals surface area (Å²) in [6.45, 7) is 2.71. The van der Waals surface area contributed by atoms with Crippen molar-refractivity contribution in [2.75, 3.05) is 11.9 Å². The molecule has 0 aliphatic carbocycles. The third-order valence-electron chi connectivity index (χ3n) is 3.14. The topological polar surface area (TPSA) is 55.1 Å². The van der Waals surface area contributed by atoms with E-state index in [-0.39, 0.29) is 11.2 Å². The van der Waals surface area contributed by atoms with Gasteiger partial charge >= 0.3 is 0 Å². The Morgan fingerprint density at radius 1 is 1.33 bits per heavy atom. The first-order chi connectivity index (χ1) is 8.70. The molecule has 1 heterocycles. The zero-order valence-corrected chi connectivity index (χ0v) is 11.6. The lowest BCUT2D eigenvalue weighted by Gasteiger charge is -2.21. The molecule has 0 radical (unpaired) electrons. The lowest BCUT2D eigenvalue weighted by molar-refractivity contribution is -0.115. The molecule has 1 aromatic rings. The predicted octanol–water partition coefficient (Wildman–Crippen LogP) is 2.79. The second-order valence-electron chi connectivity index (χ2n) is 4.68. The summed E-state index contributed by atoms with van der Waals surface area (Å²) in [4.78, 5) is 12.8. The monoisotopic (exact) mass is 264 g/mol. The van der Waals surface area contributed by atoms with Gasteiger partial charge in [0.15, 0.2) is 0 Å². The largest absolute Gasteiger partial charge is 0.330 e. The first kappa shape index (κ1) is 13.4. The summed E-state index contributed by atoms with van der Waals surface area (Å²) in [5.41, 5.74) is 7.74. The molecule has 0 saturated carbocycles. The molecular formula is C14H20N2OS. The highest BCUT2D eigenvalue weighted by molar-refractivity contribution is 8.00. The van der Waals surface area contributed by atoms with Crippen molar-refractivity contribution in [2.45, 2.75) is 42.8 Å². The van der Waals surface area contributed by atoms with Crippen LogP contribution in [0.2, 0.25) is 0 Å². The molecule has 1 atom stereocenters. The van der Waals surface area contributed by atoms with Crippen LogP contribution in [0.1, 0.15) is 31.7 Å². The maximum Gasteiger partial charge on any atom is 0.237 e. The van der Waals surface area contributed by atoms with Crippen LogP contribution in [-0.4, -0.2) is 17.7 Å². The number of aryl methyl sites for hydroxylation is 1. The number of benzene rings is 1. The number of unbranched alkanes of at least 4 members (excludes halogenated alkanes) is 2. The first-order valence-corrected chi connectivity index (χ1v) is 7.39. The number of amides is 1. The van der Waals surface area contributed by atoms with Crippen molar-refractivity contribution in [1.29, 1.82) is 0 Å². The Balaban J connectivity index is 1.99. The third-order valence-corrected chi connectivity index (χ3v) is 4.32. The summed E-state index contributed by atoms with van der Waals surface area (Å²) in [5, 5.41) is 2.98. The zero-order valence-electron chi connectivity index (χ0n) is 10.7. The molecule has 0 fully saturated rings. The van der Waals surface area contributed by atoms with Gasteiger partial charge in [0.25, 0.3) is 0 Å². The highest BCUT2D eigenvalue weighted by Crippen LogP contribution is 2.36. The van der Waals surface area contributed by atoms with E-state index >= 15 is 0 Å². The molecule has 3 nitrogen and oxygen atoms in total. The van der Waals surface area contributed by atoms with Gasteiger partial charge in [-0.1, -0.05) is 12.5 Å². The summed E-state index contributed by atoms with van der Waals surface area (Å²) in [6.07, 6.45) is 4.48. The lowest BCUT2D eigenvalue weighted by Crippen LogP contribution is -2.26. The number of nitrogens with two attached hydrogens (primary N) is 1. The molecule has 3 N–H and O–H groups in total. The van der Waals surface area contributed by atoms with Gasteiger partial charge in [-0.05, 0) is 50.4 Å². The Hall–Kier alpha value is -1.00. The van der Waals surface area contributed by atoms with Gasteiger partial charge in [0.2, 0.25) is 5.91 Å². The van der Waals surface area contributed by atoms with Crippen LogP contribution in [0, 0.1) is 0 Å². The van der Waals surface area contributed by atoms with E-state index in [1.807, 2.05) is 6.92 Å². The maximum absolute atomic E-state index is 11.6. The Bertz CT molecular complexity index is 434. The Morgan fingerprint density at radius 2 is 2.17 bits per heavy atom. The highest BCUT2D eigenvalue weighted by atomic mass is 32.2. The summed E-state index contributed by atoms with van der Waals surface area (Å²) >= 11 is 1.63. The summed E-state index contributed by atoms with van der Waals surface area (Å²) in [6, 6.07) is 6.39. The molecule has 2 rings (SSSR count). The molecule has 0 bridgehead atoms. The van der Waals surface area contributed by atoms with Crippen LogP contribution in [0.5, 0.6) is 0 Å². The number of rotatable bonds is 5. The van der Waals surface area contributed by atoms with Gasteiger partial charge in [0.1, 0.15) is 0 Å². The van der Waals surface area contributed by atoms with Gasteiger partial charge in [-0.2, -0.15) is 0 Å². The number of carbonyl (C=O) groups excluding carboxylic acids is 1. The summed E-state index contributed by atoms with van der Waals surface area (Å²) < 4.78 is 0. The molecule has 1 aliphatic rings. The van der Waals surface area contributed by atoms with E-state index in [9.17, 15) is 4.79 Å². The molecule has 98 valence electrons. The van der Waals surface area contributed by atoms with E-state index < -0.39 is 0 Å². The molecule has 1 unspecified atom stereocenters. The number of anilines is 1. The SMILES string of the molecule is CC1Sc2ccc(CCCCCN)cc2NC1=O. The van der Waals surface area contributed by atoms with Crippen molar-refractivity contribution in [1.82, 2.24) is 0 Å². The first-order valence-electron chi connectivity index (χ1n) is 6.51. The minimum absolute atomic E-state index is 0.00732. The van der Waals surface area contributed by atoms with Crippen LogP contribution >= 0.6 is 11.8 Å². The number of carbonyl (C=O) groups is 1.